The Labute approximate surface area is 134 Å². The lowest BCUT2D eigenvalue weighted by molar-refractivity contribution is 0.158. The molecule has 2 rings (SSSR count). The van der Waals surface area contributed by atoms with E-state index in [9.17, 15) is 9.90 Å². The SMILES string of the molecule is CC(C)n1nccc1NC(=O)N[C@@H](C)C[C@H](O)c1cccs1. The molecule has 0 aromatic carbocycles. The van der Waals surface area contributed by atoms with E-state index in [0.717, 1.165) is 4.88 Å². The van der Waals surface area contributed by atoms with E-state index in [-0.39, 0.29) is 18.1 Å². The van der Waals surface area contributed by atoms with Gasteiger partial charge >= 0.3 is 6.03 Å². The molecule has 0 radical (unpaired) electrons. The summed E-state index contributed by atoms with van der Waals surface area (Å²) < 4.78 is 1.74. The van der Waals surface area contributed by atoms with Crippen molar-refractivity contribution >= 4 is 23.2 Å². The Hall–Kier alpha value is -1.86. The number of aromatic nitrogens is 2. The Balaban J connectivity index is 1.85. The maximum atomic E-state index is 12.0. The van der Waals surface area contributed by atoms with Gasteiger partial charge in [-0.05, 0) is 38.6 Å². The molecule has 0 unspecified atom stereocenters. The van der Waals surface area contributed by atoms with E-state index < -0.39 is 6.10 Å². The first-order valence-electron chi connectivity index (χ1n) is 7.30. The highest BCUT2D eigenvalue weighted by molar-refractivity contribution is 7.10. The van der Waals surface area contributed by atoms with Gasteiger partial charge in [0, 0.05) is 23.0 Å². The molecule has 0 bridgehead atoms. The molecule has 2 aromatic heterocycles. The van der Waals surface area contributed by atoms with Crippen LogP contribution in [0.25, 0.3) is 0 Å². The minimum atomic E-state index is -0.559. The number of anilines is 1. The van der Waals surface area contributed by atoms with Crippen LogP contribution in [0, 0.1) is 0 Å². The standard InChI is InChI=1S/C15H22N4O2S/c1-10(2)19-14(6-7-16-19)18-15(21)17-11(3)9-12(20)13-5-4-8-22-13/h4-8,10-12,20H,9H2,1-3H3,(H2,17,18,21)/t11-,12-/m0/s1. The minimum absolute atomic E-state index is 0.146. The molecule has 120 valence electrons. The van der Waals surface area contributed by atoms with E-state index in [0.29, 0.717) is 12.2 Å². The first-order valence-corrected chi connectivity index (χ1v) is 8.18. The molecule has 0 fully saturated rings. The zero-order valence-corrected chi connectivity index (χ0v) is 13.8. The fourth-order valence-electron chi connectivity index (χ4n) is 2.19. The van der Waals surface area contributed by atoms with Crippen molar-refractivity contribution in [3.8, 4) is 0 Å². The van der Waals surface area contributed by atoms with Crippen LogP contribution in [0.4, 0.5) is 10.6 Å². The fourth-order valence-corrected chi connectivity index (χ4v) is 2.92. The zero-order chi connectivity index (χ0) is 16.1. The maximum Gasteiger partial charge on any atom is 0.320 e. The summed E-state index contributed by atoms with van der Waals surface area (Å²) >= 11 is 1.51. The van der Waals surface area contributed by atoms with Crippen molar-refractivity contribution in [2.24, 2.45) is 0 Å². The Bertz CT molecular complexity index is 594. The summed E-state index contributed by atoms with van der Waals surface area (Å²) in [5.74, 6) is 0.651. The van der Waals surface area contributed by atoms with Crippen molar-refractivity contribution in [2.75, 3.05) is 5.32 Å². The highest BCUT2D eigenvalue weighted by atomic mass is 32.1. The molecule has 0 saturated carbocycles. The Morgan fingerprint density at radius 2 is 2.18 bits per heavy atom. The van der Waals surface area contributed by atoms with Gasteiger partial charge in [-0.3, -0.25) is 5.32 Å². The Kier molecular flexibility index (Phi) is 5.57. The van der Waals surface area contributed by atoms with Gasteiger partial charge in [-0.2, -0.15) is 5.10 Å². The van der Waals surface area contributed by atoms with Gasteiger partial charge in [-0.15, -0.1) is 11.3 Å². The summed E-state index contributed by atoms with van der Waals surface area (Å²) in [4.78, 5) is 12.9. The summed E-state index contributed by atoms with van der Waals surface area (Å²) in [7, 11) is 0. The van der Waals surface area contributed by atoms with Crippen LogP contribution in [0.5, 0.6) is 0 Å². The van der Waals surface area contributed by atoms with Crippen molar-refractivity contribution in [3.05, 3.63) is 34.7 Å². The first kappa shape index (κ1) is 16.5. The summed E-state index contributed by atoms with van der Waals surface area (Å²) in [6.07, 6.45) is 1.56. The third-order valence-electron chi connectivity index (χ3n) is 3.23. The normalized spacial score (nSPS) is 13.9. The number of hydrogen-bond donors (Lipinski definition) is 3. The lowest BCUT2D eigenvalue weighted by Crippen LogP contribution is -2.37. The maximum absolute atomic E-state index is 12.0. The number of amides is 2. The number of urea groups is 1. The van der Waals surface area contributed by atoms with Crippen LogP contribution in [0.15, 0.2) is 29.8 Å². The van der Waals surface area contributed by atoms with E-state index in [1.165, 1.54) is 11.3 Å². The summed E-state index contributed by atoms with van der Waals surface area (Å²) in [6, 6.07) is 5.28. The van der Waals surface area contributed by atoms with Crippen LogP contribution < -0.4 is 10.6 Å². The van der Waals surface area contributed by atoms with Crippen molar-refractivity contribution in [3.63, 3.8) is 0 Å². The van der Waals surface area contributed by atoms with Crippen LogP contribution >= 0.6 is 11.3 Å². The highest BCUT2D eigenvalue weighted by Gasteiger charge is 2.16. The lowest BCUT2D eigenvalue weighted by Gasteiger charge is -2.18. The summed E-state index contributed by atoms with van der Waals surface area (Å²) in [5, 5.41) is 21.8. The second-order valence-corrected chi connectivity index (χ2v) is 6.50. The van der Waals surface area contributed by atoms with Crippen molar-refractivity contribution in [1.29, 1.82) is 0 Å². The summed E-state index contributed by atoms with van der Waals surface area (Å²) in [5.41, 5.74) is 0. The molecule has 2 aromatic rings. The molecule has 7 heteroatoms. The monoisotopic (exact) mass is 322 g/mol. The third kappa shape index (κ3) is 4.32. The Morgan fingerprint density at radius 1 is 1.41 bits per heavy atom. The minimum Gasteiger partial charge on any atom is -0.387 e. The van der Waals surface area contributed by atoms with Gasteiger partial charge in [-0.25, -0.2) is 9.48 Å². The van der Waals surface area contributed by atoms with Gasteiger partial charge in [0.25, 0.3) is 0 Å². The summed E-state index contributed by atoms with van der Waals surface area (Å²) in [6.45, 7) is 5.86. The Morgan fingerprint density at radius 3 is 2.82 bits per heavy atom. The number of aliphatic hydroxyl groups excluding tert-OH is 1. The molecule has 3 N–H and O–H groups in total. The van der Waals surface area contributed by atoms with Crippen LogP contribution in [-0.2, 0) is 0 Å². The number of carbonyl (C=O) groups is 1. The van der Waals surface area contributed by atoms with Gasteiger partial charge in [-0.1, -0.05) is 6.07 Å². The number of nitrogens with zero attached hydrogens (tertiary/aromatic N) is 2. The molecule has 0 aliphatic heterocycles. The number of rotatable bonds is 6. The number of aliphatic hydroxyl groups is 1. The van der Waals surface area contributed by atoms with Crippen LogP contribution in [0.3, 0.4) is 0 Å². The second-order valence-electron chi connectivity index (χ2n) is 5.52. The van der Waals surface area contributed by atoms with Crippen molar-refractivity contribution < 1.29 is 9.90 Å². The number of nitrogens with one attached hydrogen (secondary N) is 2. The molecule has 0 spiro atoms. The van der Waals surface area contributed by atoms with Crippen molar-refractivity contribution in [2.45, 2.75) is 45.4 Å². The van der Waals surface area contributed by atoms with E-state index >= 15 is 0 Å². The van der Waals surface area contributed by atoms with E-state index in [1.54, 1.807) is 16.9 Å². The molecule has 6 nitrogen and oxygen atoms in total. The molecule has 2 atom stereocenters. The van der Waals surface area contributed by atoms with Gasteiger partial charge < -0.3 is 10.4 Å². The molecule has 2 amide bonds. The van der Waals surface area contributed by atoms with Gasteiger partial charge in [0.2, 0.25) is 0 Å². The van der Waals surface area contributed by atoms with Crippen LogP contribution in [-0.4, -0.2) is 27.0 Å². The average molecular weight is 322 g/mol. The van der Waals surface area contributed by atoms with E-state index in [2.05, 4.69) is 15.7 Å². The number of carbonyl (C=O) groups excluding carboxylic acids is 1. The van der Waals surface area contributed by atoms with E-state index in [1.807, 2.05) is 38.3 Å². The van der Waals surface area contributed by atoms with E-state index in [4.69, 9.17) is 0 Å². The predicted molar refractivity (Wildman–Crippen MR) is 88.1 cm³/mol. The largest absolute Gasteiger partial charge is 0.387 e. The first-order chi connectivity index (χ1) is 10.5. The molecule has 0 saturated heterocycles. The molecular formula is C15H22N4O2S. The lowest BCUT2D eigenvalue weighted by atomic mass is 10.1. The quantitative estimate of drug-likeness (QED) is 0.764. The van der Waals surface area contributed by atoms with Gasteiger partial charge in [0.05, 0.1) is 12.3 Å². The molecule has 2 heterocycles. The molecule has 0 aliphatic carbocycles. The average Bonchev–Trinajstić information content (AvgIpc) is 3.08. The zero-order valence-electron chi connectivity index (χ0n) is 13.0. The number of hydrogen-bond acceptors (Lipinski definition) is 4. The fraction of sp³-hybridized carbons (Fsp3) is 0.467. The third-order valence-corrected chi connectivity index (χ3v) is 4.20. The van der Waals surface area contributed by atoms with Crippen molar-refractivity contribution in [1.82, 2.24) is 15.1 Å². The predicted octanol–water partition coefficient (Wildman–Crippen LogP) is 3.16. The molecule has 22 heavy (non-hydrogen) atoms. The topological polar surface area (TPSA) is 79.2 Å². The second kappa shape index (κ2) is 7.42. The highest BCUT2D eigenvalue weighted by Crippen LogP contribution is 2.22. The van der Waals surface area contributed by atoms with Crippen LogP contribution in [0.1, 0.15) is 44.2 Å². The van der Waals surface area contributed by atoms with Crippen LogP contribution in [0.2, 0.25) is 0 Å². The smallest absolute Gasteiger partial charge is 0.320 e. The van der Waals surface area contributed by atoms with Gasteiger partial charge in [0.1, 0.15) is 5.82 Å². The number of thiophene rings is 1. The van der Waals surface area contributed by atoms with Gasteiger partial charge in [0.15, 0.2) is 0 Å². The molecular weight excluding hydrogens is 300 g/mol. The molecule has 0 aliphatic rings.